The summed E-state index contributed by atoms with van der Waals surface area (Å²) in [5.41, 5.74) is 6.48. The second-order valence-electron chi connectivity index (χ2n) is 3.46. The summed E-state index contributed by atoms with van der Waals surface area (Å²) < 4.78 is 0. The molecule has 7 heteroatoms. The number of amidine groups is 1. The molecule has 0 saturated heterocycles. The summed E-state index contributed by atoms with van der Waals surface area (Å²) in [4.78, 5) is 10.1. The van der Waals surface area contributed by atoms with Crippen LogP contribution in [0, 0.1) is 0 Å². The maximum atomic E-state index is 8.92. The van der Waals surface area contributed by atoms with E-state index in [1.807, 2.05) is 24.5 Å². The molecule has 1 aromatic heterocycles. The van der Waals surface area contributed by atoms with E-state index in [9.17, 15) is 0 Å². The van der Waals surface area contributed by atoms with Gasteiger partial charge in [0.25, 0.3) is 0 Å². The van der Waals surface area contributed by atoms with Crippen LogP contribution in [0.2, 0.25) is 0 Å². The van der Waals surface area contributed by atoms with Gasteiger partial charge in [-0.05, 0) is 18.4 Å². The van der Waals surface area contributed by atoms with Gasteiger partial charge in [0.2, 0.25) is 0 Å². The molecule has 0 spiro atoms. The molecular formula is C12H12N4OS2. The van der Waals surface area contributed by atoms with Crippen LogP contribution in [0.4, 0.5) is 0 Å². The highest BCUT2D eigenvalue weighted by atomic mass is 32.2. The molecule has 0 amide bonds. The number of hydrogen-bond acceptors (Lipinski definition) is 6. The average Bonchev–Trinajstić information content (AvgIpc) is 2.47. The zero-order chi connectivity index (χ0) is 13.7. The minimum absolute atomic E-state index is 0.0938. The van der Waals surface area contributed by atoms with Crippen LogP contribution in [0.3, 0.4) is 0 Å². The second kappa shape index (κ2) is 6.44. The van der Waals surface area contributed by atoms with Gasteiger partial charge < -0.3 is 10.9 Å². The summed E-state index contributed by atoms with van der Waals surface area (Å²) in [5, 5.41) is 12.8. The van der Waals surface area contributed by atoms with E-state index in [0.717, 1.165) is 14.8 Å². The Kier molecular flexibility index (Phi) is 4.64. The van der Waals surface area contributed by atoms with Gasteiger partial charge in [-0.1, -0.05) is 23.0 Å². The van der Waals surface area contributed by atoms with E-state index in [-0.39, 0.29) is 5.84 Å². The number of oxime groups is 1. The molecule has 0 fully saturated rings. The van der Waals surface area contributed by atoms with Gasteiger partial charge in [0, 0.05) is 27.7 Å². The standard InChI is InChI=1S/C12H12N4OS2/c1-18-8-3-2-4-9(11(8)12(13)16-17)19-10-7-14-5-6-15-10/h2-7,17H,1H3,(H2,13,16). The smallest absolute Gasteiger partial charge is 0.172 e. The van der Waals surface area contributed by atoms with Crippen molar-refractivity contribution in [3.05, 3.63) is 42.4 Å². The molecule has 0 aliphatic carbocycles. The predicted molar refractivity (Wildman–Crippen MR) is 76.9 cm³/mol. The molecular weight excluding hydrogens is 280 g/mol. The van der Waals surface area contributed by atoms with Crippen molar-refractivity contribution in [1.29, 1.82) is 0 Å². The van der Waals surface area contributed by atoms with Gasteiger partial charge in [0.1, 0.15) is 5.03 Å². The first-order valence-corrected chi connectivity index (χ1v) is 7.39. The molecule has 5 nitrogen and oxygen atoms in total. The number of nitrogens with two attached hydrogens (primary N) is 1. The quantitative estimate of drug-likeness (QED) is 0.296. The Bertz CT molecular complexity index is 590. The van der Waals surface area contributed by atoms with Crippen LogP contribution in [-0.4, -0.2) is 27.3 Å². The van der Waals surface area contributed by atoms with Crippen molar-refractivity contribution in [3.8, 4) is 0 Å². The topological polar surface area (TPSA) is 84.4 Å². The number of thioether (sulfide) groups is 1. The molecule has 3 N–H and O–H groups in total. The van der Waals surface area contributed by atoms with E-state index in [1.54, 1.807) is 30.4 Å². The van der Waals surface area contributed by atoms with Crippen LogP contribution in [0.25, 0.3) is 0 Å². The van der Waals surface area contributed by atoms with Crippen LogP contribution in [0.1, 0.15) is 5.56 Å². The highest BCUT2D eigenvalue weighted by Gasteiger charge is 2.13. The third-order valence-corrected chi connectivity index (χ3v) is 4.09. The molecule has 1 heterocycles. The van der Waals surface area contributed by atoms with Gasteiger partial charge in [0.05, 0.1) is 6.20 Å². The Hall–Kier alpha value is -1.73. The molecule has 0 aliphatic heterocycles. The molecule has 0 aliphatic rings. The maximum Gasteiger partial charge on any atom is 0.172 e. The van der Waals surface area contributed by atoms with Crippen LogP contribution in [-0.2, 0) is 0 Å². The number of aromatic nitrogens is 2. The van der Waals surface area contributed by atoms with Gasteiger partial charge in [-0.3, -0.25) is 4.98 Å². The first-order chi connectivity index (χ1) is 9.26. The average molecular weight is 292 g/mol. The van der Waals surface area contributed by atoms with E-state index in [0.29, 0.717) is 5.56 Å². The lowest BCUT2D eigenvalue weighted by Crippen LogP contribution is -2.15. The molecule has 0 saturated carbocycles. The maximum absolute atomic E-state index is 8.92. The normalized spacial score (nSPS) is 11.5. The number of rotatable bonds is 4. The Morgan fingerprint density at radius 3 is 2.74 bits per heavy atom. The van der Waals surface area contributed by atoms with Gasteiger partial charge >= 0.3 is 0 Å². The number of hydrogen-bond donors (Lipinski definition) is 2. The summed E-state index contributed by atoms with van der Waals surface area (Å²) >= 11 is 2.97. The Morgan fingerprint density at radius 2 is 2.11 bits per heavy atom. The minimum atomic E-state index is 0.0938. The lowest BCUT2D eigenvalue weighted by molar-refractivity contribution is 0.318. The fourth-order valence-electron chi connectivity index (χ4n) is 1.52. The fourth-order valence-corrected chi connectivity index (χ4v) is 3.13. The lowest BCUT2D eigenvalue weighted by atomic mass is 10.2. The summed E-state index contributed by atoms with van der Waals surface area (Å²) in [6.07, 6.45) is 6.86. The van der Waals surface area contributed by atoms with Gasteiger partial charge in [-0.2, -0.15) is 0 Å². The van der Waals surface area contributed by atoms with E-state index in [1.165, 1.54) is 11.8 Å². The molecule has 98 valence electrons. The predicted octanol–water partition coefficient (Wildman–Crippen LogP) is 2.44. The van der Waals surface area contributed by atoms with Crippen molar-refractivity contribution in [2.45, 2.75) is 14.8 Å². The molecule has 0 unspecified atom stereocenters. The van der Waals surface area contributed by atoms with Gasteiger partial charge in [0.15, 0.2) is 5.84 Å². The zero-order valence-corrected chi connectivity index (χ0v) is 11.8. The summed E-state index contributed by atoms with van der Waals surface area (Å²) in [6, 6.07) is 5.77. The SMILES string of the molecule is CSc1cccc(Sc2cnccn2)c1/C(N)=N/O. The van der Waals surface area contributed by atoms with Crippen molar-refractivity contribution >= 4 is 29.4 Å². The minimum Gasteiger partial charge on any atom is -0.409 e. The van der Waals surface area contributed by atoms with E-state index < -0.39 is 0 Å². The summed E-state index contributed by atoms with van der Waals surface area (Å²) in [6.45, 7) is 0. The number of benzene rings is 1. The molecule has 0 atom stereocenters. The van der Waals surface area contributed by atoms with Gasteiger partial charge in [-0.15, -0.1) is 11.8 Å². The van der Waals surface area contributed by atoms with Crippen molar-refractivity contribution < 1.29 is 5.21 Å². The van der Waals surface area contributed by atoms with E-state index in [4.69, 9.17) is 10.9 Å². The summed E-state index contributed by atoms with van der Waals surface area (Å²) in [5.74, 6) is 0.0938. The Labute approximate surface area is 119 Å². The van der Waals surface area contributed by atoms with Crippen LogP contribution < -0.4 is 5.73 Å². The molecule has 2 rings (SSSR count). The molecule has 2 aromatic rings. The van der Waals surface area contributed by atoms with Crippen molar-refractivity contribution in [3.63, 3.8) is 0 Å². The van der Waals surface area contributed by atoms with Crippen molar-refractivity contribution in [2.75, 3.05) is 6.26 Å². The van der Waals surface area contributed by atoms with Gasteiger partial charge in [-0.25, -0.2) is 4.98 Å². The molecule has 19 heavy (non-hydrogen) atoms. The second-order valence-corrected chi connectivity index (χ2v) is 5.37. The fraction of sp³-hybridized carbons (Fsp3) is 0.0833. The van der Waals surface area contributed by atoms with Crippen molar-refractivity contribution in [2.24, 2.45) is 10.9 Å². The van der Waals surface area contributed by atoms with Crippen LogP contribution in [0.5, 0.6) is 0 Å². The van der Waals surface area contributed by atoms with E-state index >= 15 is 0 Å². The summed E-state index contributed by atoms with van der Waals surface area (Å²) in [7, 11) is 0. The Balaban J connectivity index is 2.45. The first-order valence-electron chi connectivity index (χ1n) is 5.35. The third-order valence-electron chi connectivity index (χ3n) is 2.33. The zero-order valence-electron chi connectivity index (χ0n) is 10.1. The largest absolute Gasteiger partial charge is 0.409 e. The highest BCUT2D eigenvalue weighted by molar-refractivity contribution is 8.00. The van der Waals surface area contributed by atoms with Crippen LogP contribution >= 0.6 is 23.5 Å². The highest BCUT2D eigenvalue weighted by Crippen LogP contribution is 2.33. The monoisotopic (exact) mass is 292 g/mol. The molecule has 1 aromatic carbocycles. The first kappa shape index (κ1) is 13.7. The van der Waals surface area contributed by atoms with Crippen LogP contribution in [0.15, 0.2) is 56.8 Å². The number of nitrogens with zero attached hydrogens (tertiary/aromatic N) is 3. The van der Waals surface area contributed by atoms with E-state index in [2.05, 4.69) is 15.1 Å². The molecule has 0 radical (unpaired) electrons. The molecule has 0 bridgehead atoms. The Morgan fingerprint density at radius 1 is 1.32 bits per heavy atom. The third kappa shape index (κ3) is 3.18. The lowest BCUT2D eigenvalue weighted by Gasteiger charge is -2.11. The van der Waals surface area contributed by atoms with Crippen molar-refractivity contribution in [1.82, 2.24) is 9.97 Å².